The number of hydrogen-bond acceptors (Lipinski definition) is 3. The minimum atomic E-state index is -0.707. The third-order valence-electron chi connectivity index (χ3n) is 3.06. The van der Waals surface area contributed by atoms with E-state index in [0.717, 1.165) is 17.9 Å². The van der Waals surface area contributed by atoms with Crippen molar-refractivity contribution in [3.63, 3.8) is 0 Å². The highest BCUT2D eigenvalue weighted by atomic mass is 32.2. The molecule has 1 rings (SSSR count). The van der Waals surface area contributed by atoms with E-state index in [0.29, 0.717) is 12.6 Å². The fourth-order valence-corrected chi connectivity index (χ4v) is 2.65. The predicted molar refractivity (Wildman–Crippen MR) is 82.2 cm³/mol. The van der Waals surface area contributed by atoms with Gasteiger partial charge in [0.15, 0.2) is 0 Å². The zero-order valence-electron chi connectivity index (χ0n) is 12.3. The fraction of sp³-hybridized carbons (Fsp3) is 0.600. The summed E-state index contributed by atoms with van der Waals surface area (Å²) in [6.45, 7) is 6.96. The van der Waals surface area contributed by atoms with Gasteiger partial charge in [0.25, 0.3) is 0 Å². The van der Waals surface area contributed by atoms with Crippen molar-refractivity contribution in [2.45, 2.75) is 39.3 Å². The molecule has 0 amide bonds. The molecular formula is C15H25NO2S. The zero-order valence-corrected chi connectivity index (χ0v) is 13.1. The maximum atomic E-state index is 11.1. The van der Waals surface area contributed by atoms with Gasteiger partial charge in [-0.05, 0) is 44.9 Å². The van der Waals surface area contributed by atoms with Crippen molar-refractivity contribution in [2.75, 3.05) is 18.6 Å². The highest BCUT2D eigenvalue weighted by Gasteiger charge is 2.10. The van der Waals surface area contributed by atoms with Crippen LogP contribution < -0.4 is 10.1 Å². The van der Waals surface area contributed by atoms with Gasteiger partial charge in [0.05, 0.1) is 6.61 Å². The summed E-state index contributed by atoms with van der Waals surface area (Å²) >= 11 is 0. The molecule has 0 aliphatic carbocycles. The summed E-state index contributed by atoms with van der Waals surface area (Å²) in [5, 5.41) is 3.53. The lowest BCUT2D eigenvalue weighted by atomic mass is 10.1. The summed E-state index contributed by atoms with van der Waals surface area (Å²) in [5.41, 5.74) is 1.24. The molecule has 0 aliphatic heterocycles. The van der Waals surface area contributed by atoms with Gasteiger partial charge in [-0.15, -0.1) is 0 Å². The molecule has 3 atom stereocenters. The van der Waals surface area contributed by atoms with E-state index in [2.05, 4.69) is 31.3 Å². The van der Waals surface area contributed by atoms with Crippen LogP contribution in [0.25, 0.3) is 0 Å². The van der Waals surface area contributed by atoms with Crippen LogP contribution in [0.15, 0.2) is 24.3 Å². The van der Waals surface area contributed by atoms with Crippen LogP contribution in [0.2, 0.25) is 0 Å². The first kappa shape index (κ1) is 16.2. The normalized spacial score (nSPS) is 15.8. The van der Waals surface area contributed by atoms with Crippen LogP contribution in [-0.2, 0) is 10.8 Å². The lowest BCUT2D eigenvalue weighted by molar-refractivity contribution is 0.340. The molecule has 19 heavy (non-hydrogen) atoms. The minimum Gasteiger partial charge on any atom is -0.494 e. The molecule has 1 aromatic carbocycles. The van der Waals surface area contributed by atoms with Gasteiger partial charge in [0, 0.05) is 34.9 Å². The van der Waals surface area contributed by atoms with Crippen LogP contribution >= 0.6 is 0 Å². The Kier molecular flexibility index (Phi) is 7.10. The van der Waals surface area contributed by atoms with Crippen LogP contribution in [0.5, 0.6) is 5.75 Å². The van der Waals surface area contributed by atoms with Gasteiger partial charge in [-0.3, -0.25) is 4.21 Å². The summed E-state index contributed by atoms with van der Waals surface area (Å²) in [4.78, 5) is 0. The van der Waals surface area contributed by atoms with Gasteiger partial charge in [-0.2, -0.15) is 0 Å². The molecule has 0 bridgehead atoms. The van der Waals surface area contributed by atoms with E-state index in [1.54, 1.807) is 6.26 Å². The Balaban J connectivity index is 2.47. The summed E-state index contributed by atoms with van der Waals surface area (Å²) in [5.74, 6) is 1.66. The first-order chi connectivity index (χ1) is 9.02. The van der Waals surface area contributed by atoms with Crippen molar-refractivity contribution in [2.24, 2.45) is 0 Å². The quantitative estimate of drug-likeness (QED) is 0.797. The first-order valence-corrected chi connectivity index (χ1v) is 8.54. The van der Waals surface area contributed by atoms with Gasteiger partial charge in [-0.25, -0.2) is 0 Å². The molecule has 0 spiro atoms. The molecule has 1 aromatic rings. The predicted octanol–water partition coefficient (Wildman–Crippen LogP) is 2.89. The Morgan fingerprint density at radius 2 is 1.89 bits per heavy atom. The number of benzene rings is 1. The zero-order chi connectivity index (χ0) is 14.3. The number of hydrogen-bond donors (Lipinski definition) is 1. The largest absolute Gasteiger partial charge is 0.494 e. The van der Waals surface area contributed by atoms with E-state index < -0.39 is 10.8 Å². The van der Waals surface area contributed by atoms with Crippen molar-refractivity contribution < 1.29 is 8.95 Å². The van der Waals surface area contributed by atoms with E-state index in [-0.39, 0.29) is 6.04 Å². The lowest BCUT2D eigenvalue weighted by Crippen LogP contribution is -2.30. The van der Waals surface area contributed by atoms with E-state index in [1.165, 1.54) is 5.56 Å². The van der Waals surface area contributed by atoms with Gasteiger partial charge in [0.2, 0.25) is 0 Å². The summed E-state index contributed by atoms with van der Waals surface area (Å²) in [7, 11) is -0.707. The third kappa shape index (κ3) is 6.21. The molecule has 0 heterocycles. The van der Waals surface area contributed by atoms with Crippen LogP contribution in [-0.4, -0.2) is 28.9 Å². The van der Waals surface area contributed by atoms with Crippen LogP contribution in [0.1, 0.15) is 38.8 Å². The number of ether oxygens (including phenoxy) is 1. The second-order valence-corrected chi connectivity index (χ2v) is 6.41. The second kappa shape index (κ2) is 8.33. The molecule has 3 nitrogen and oxygen atoms in total. The Bertz CT molecular complexity index is 392. The van der Waals surface area contributed by atoms with E-state index in [4.69, 9.17) is 4.74 Å². The van der Waals surface area contributed by atoms with Crippen molar-refractivity contribution in [1.82, 2.24) is 5.32 Å². The standard InChI is InChI=1S/C15H25NO2S/c1-5-18-15-8-6-14(7-9-15)13(3)16-12(2)10-11-19(4)17/h6-9,12-13,16H,5,10-11H2,1-4H3. The van der Waals surface area contributed by atoms with Crippen molar-refractivity contribution >= 4 is 10.8 Å². The summed E-state index contributed by atoms with van der Waals surface area (Å²) in [6.07, 6.45) is 2.69. The van der Waals surface area contributed by atoms with Gasteiger partial charge >= 0.3 is 0 Å². The minimum absolute atomic E-state index is 0.288. The highest BCUT2D eigenvalue weighted by Crippen LogP contribution is 2.18. The maximum absolute atomic E-state index is 11.1. The average Bonchev–Trinajstić information content (AvgIpc) is 2.37. The number of nitrogens with one attached hydrogen (secondary N) is 1. The topological polar surface area (TPSA) is 38.3 Å². The van der Waals surface area contributed by atoms with Crippen LogP contribution in [0.3, 0.4) is 0 Å². The third-order valence-corrected chi connectivity index (χ3v) is 3.87. The molecule has 0 saturated carbocycles. The molecular weight excluding hydrogens is 258 g/mol. The monoisotopic (exact) mass is 283 g/mol. The molecule has 1 N–H and O–H groups in total. The molecule has 108 valence electrons. The van der Waals surface area contributed by atoms with Gasteiger partial charge < -0.3 is 10.1 Å². The highest BCUT2D eigenvalue weighted by molar-refractivity contribution is 7.84. The molecule has 0 radical (unpaired) electrons. The summed E-state index contributed by atoms with van der Waals surface area (Å²) < 4.78 is 16.5. The molecule has 0 aromatic heterocycles. The molecule has 4 heteroatoms. The van der Waals surface area contributed by atoms with Gasteiger partial charge in [-0.1, -0.05) is 12.1 Å². The number of rotatable bonds is 8. The second-order valence-electron chi connectivity index (χ2n) is 4.86. The molecule has 3 unspecified atom stereocenters. The Hall–Kier alpha value is -0.870. The maximum Gasteiger partial charge on any atom is 0.119 e. The van der Waals surface area contributed by atoms with Crippen LogP contribution in [0.4, 0.5) is 0 Å². The smallest absolute Gasteiger partial charge is 0.119 e. The Morgan fingerprint density at radius 1 is 1.26 bits per heavy atom. The Labute approximate surface area is 119 Å². The summed E-state index contributed by atoms with van der Waals surface area (Å²) in [6, 6.07) is 8.84. The lowest BCUT2D eigenvalue weighted by Gasteiger charge is -2.20. The first-order valence-electron chi connectivity index (χ1n) is 6.81. The average molecular weight is 283 g/mol. The Morgan fingerprint density at radius 3 is 2.42 bits per heavy atom. The van der Waals surface area contributed by atoms with Crippen LogP contribution in [0, 0.1) is 0 Å². The molecule has 0 saturated heterocycles. The van der Waals surface area contributed by atoms with Crippen molar-refractivity contribution in [3.05, 3.63) is 29.8 Å². The van der Waals surface area contributed by atoms with E-state index in [1.807, 2.05) is 19.1 Å². The SMILES string of the molecule is CCOc1ccc(C(C)NC(C)CCS(C)=O)cc1. The molecule has 0 aliphatic rings. The van der Waals surface area contributed by atoms with Crippen molar-refractivity contribution in [1.29, 1.82) is 0 Å². The fourth-order valence-electron chi connectivity index (χ4n) is 1.97. The molecule has 0 fully saturated rings. The van der Waals surface area contributed by atoms with E-state index >= 15 is 0 Å². The van der Waals surface area contributed by atoms with Crippen molar-refractivity contribution in [3.8, 4) is 5.75 Å². The van der Waals surface area contributed by atoms with E-state index in [9.17, 15) is 4.21 Å². The van der Waals surface area contributed by atoms with Gasteiger partial charge in [0.1, 0.15) is 5.75 Å².